The van der Waals surface area contributed by atoms with Gasteiger partial charge < -0.3 is 23.7 Å². The monoisotopic (exact) mass is 418 g/mol. The molecule has 0 amide bonds. The van der Waals surface area contributed by atoms with Crippen molar-refractivity contribution in [1.82, 2.24) is 0 Å². The summed E-state index contributed by atoms with van der Waals surface area (Å²) >= 11 is 0. The lowest BCUT2D eigenvalue weighted by atomic mass is 10.1. The average molecular weight is 418 g/mol. The Morgan fingerprint density at radius 3 is 2.48 bits per heavy atom. The molecule has 0 radical (unpaired) electrons. The maximum absolute atomic E-state index is 12.8. The van der Waals surface area contributed by atoms with E-state index in [1.54, 1.807) is 51.7 Å². The number of Topliss-reactive ketones (excluding diaryl/α,β-unsaturated/α-hetero) is 1. The third kappa shape index (κ3) is 4.19. The van der Waals surface area contributed by atoms with Crippen molar-refractivity contribution in [2.75, 3.05) is 21.3 Å². The van der Waals surface area contributed by atoms with Crippen molar-refractivity contribution >= 4 is 11.9 Å². The molecule has 0 saturated heterocycles. The first-order chi connectivity index (χ1) is 15.1. The Labute approximate surface area is 180 Å². The molecule has 3 aromatic rings. The van der Waals surface area contributed by atoms with E-state index in [-0.39, 0.29) is 11.5 Å². The first kappa shape index (κ1) is 20.3. The van der Waals surface area contributed by atoms with Gasteiger partial charge in [-0.25, -0.2) is 0 Å². The van der Waals surface area contributed by atoms with Crippen molar-refractivity contribution in [3.63, 3.8) is 0 Å². The molecule has 1 aliphatic rings. The highest BCUT2D eigenvalue weighted by molar-refractivity contribution is 6.14. The van der Waals surface area contributed by atoms with Gasteiger partial charge in [0.1, 0.15) is 23.9 Å². The van der Waals surface area contributed by atoms with Crippen molar-refractivity contribution < 1.29 is 28.5 Å². The quantitative estimate of drug-likeness (QED) is 0.508. The van der Waals surface area contributed by atoms with E-state index >= 15 is 0 Å². The van der Waals surface area contributed by atoms with Gasteiger partial charge in [0.2, 0.25) is 5.78 Å². The minimum absolute atomic E-state index is 0.195. The lowest BCUT2D eigenvalue weighted by Gasteiger charge is -2.10. The van der Waals surface area contributed by atoms with Gasteiger partial charge in [0.05, 0.1) is 26.9 Å². The molecule has 6 nitrogen and oxygen atoms in total. The number of rotatable bonds is 7. The molecule has 0 unspecified atom stereocenters. The third-order valence-electron chi connectivity index (χ3n) is 4.90. The number of hydrogen-bond acceptors (Lipinski definition) is 6. The number of hydrogen-bond donors (Lipinski definition) is 0. The van der Waals surface area contributed by atoms with Crippen LogP contribution in [0.2, 0.25) is 0 Å². The Balaban J connectivity index is 1.54. The highest BCUT2D eigenvalue weighted by Gasteiger charge is 2.28. The van der Waals surface area contributed by atoms with Gasteiger partial charge in [-0.3, -0.25) is 4.79 Å². The predicted molar refractivity (Wildman–Crippen MR) is 116 cm³/mol. The summed E-state index contributed by atoms with van der Waals surface area (Å²) in [5.74, 6) is 2.97. The number of fused-ring (bicyclic) bond motifs is 1. The van der Waals surface area contributed by atoms with E-state index in [0.29, 0.717) is 40.7 Å². The summed E-state index contributed by atoms with van der Waals surface area (Å²) in [5.41, 5.74) is 2.15. The molecule has 0 bridgehead atoms. The number of methoxy groups -OCH3 is 3. The minimum atomic E-state index is -0.195. The third-order valence-corrected chi connectivity index (χ3v) is 4.90. The Kier molecular flexibility index (Phi) is 5.80. The number of carbonyl (C=O) groups excluding carboxylic acids is 1. The maximum atomic E-state index is 12.8. The zero-order valence-electron chi connectivity index (χ0n) is 17.5. The number of ether oxygens (including phenoxy) is 5. The summed E-state index contributed by atoms with van der Waals surface area (Å²) in [6.07, 6.45) is 1.65. The van der Waals surface area contributed by atoms with Crippen LogP contribution in [0.15, 0.2) is 66.4 Å². The van der Waals surface area contributed by atoms with Crippen LogP contribution in [0, 0.1) is 0 Å². The van der Waals surface area contributed by atoms with Crippen LogP contribution < -0.4 is 23.7 Å². The molecule has 0 aromatic heterocycles. The highest BCUT2D eigenvalue weighted by atomic mass is 16.5. The van der Waals surface area contributed by atoms with Gasteiger partial charge in [-0.05, 0) is 42.0 Å². The van der Waals surface area contributed by atoms with E-state index < -0.39 is 0 Å². The molecular weight excluding hydrogens is 396 g/mol. The first-order valence-corrected chi connectivity index (χ1v) is 9.68. The fourth-order valence-corrected chi connectivity index (χ4v) is 3.35. The molecule has 3 aromatic carbocycles. The highest BCUT2D eigenvalue weighted by Crippen LogP contribution is 2.37. The van der Waals surface area contributed by atoms with Crippen LogP contribution in [0.25, 0.3) is 6.08 Å². The van der Waals surface area contributed by atoms with Crippen molar-refractivity contribution in [3.8, 4) is 28.7 Å². The van der Waals surface area contributed by atoms with Crippen LogP contribution in [0.5, 0.6) is 28.7 Å². The van der Waals surface area contributed by atoms with Gasteiger partial charge >= 0.3 is 0 Å². The van der Waals surface area contributed by atoms with Crippen LogP contribution in [0.3, 0.4) is 0 Å². The standard InChI is InChI=1S/C25H22O6/c1-27-18-8-4-6-16(12-18)15-30-19-10-11-20-22(14-19)31-23(24(20)26)13-17-7-5-9-21(28-2)25(17)29-3/h4-14H,15H2,1-3H3/b23-13-. The van der Waals surface area contributed by atoms with Gasteiger partial charge in [0.25, 0.3) is 0 Å². The minimum Gasteiger partial charge on any atom is -0.497 e. The summed E-state index contributed by atoms with van der Waals surface area (Å²) in [6, 6.07) is 18.3. The van der Waals surface area contributed by atoms with Gasteiger partial charge in [0, 0.05) is 11.6 Å². The number of allylic oxidation sites excluding steroid dienone is 1. The number of ketones is 1. The maximum Gasteiger partial charge on any atom is 0.231 e. The Morgan fingerprint density at radius 1 is 0.871 bits per heavy atom. The molecule has 1 aliphatic heterocycles. The lowest BCUT2D eigenvalue weighted by molar-refractivity contribution is 0.101. The Hall–Kier alpha value is -3.93. The molecule has 0 saturated carbocycles. The molecule has 0 spiro atoms. The second-order valence-corrected chi connectivity index (χ2v) is 6.82. The fraction of sp³-hybridized carbons (Fsp3) is 0.160. The molecule has 0 aliphatic carbocycles. The SMILES string of the molecule is COc1cccc(COc2ccc3c(c2)O/C(=C\c2cccc(OC)c2OC)C3=O)c1. The van der Waals surface area contributed by atoms with Gasteiger partial charge in [0.15, 0.2) is 17.3 Å². The summed E-state index contributed by atoms with van der Waals surface area (Å²) in [6.45, 7) is 0.369. The van der Waals surface area contributed by atoms with E-state index in [9.17, 15) is 4.79 Å². The molecule has 0 fully saturated rings. The topological polar surface area (TPSA) is 63.2 Å². The second kappa shape index (κ2) is 8.83. The molecule has 0 atom stereocenters. The Morgan fingerprint density at radius 2 is 1.71 bits per heavy atom. The van der Waals surface area contributed by atoms with E-state index in [0.717, 1.165) is 11.3 Å². The van der Waals surface area contributed by atoms with Gasteiger partial charge in [-0.15, -0.1) is 0 Å². The zero-order valence-corrected chi connectivity index (χ0v) is 17.5. The first-order valence-electron chi connectivity index (χ1n) is 9.68. The van der Waals surface area contributed by atoms with Gasteiger partial charge in [-0.1, -0.05) is 24.3 Å². The summed E-state index contributed by atoms with van der Waals surface area (Å²) < 4.78 is 27.7. The lowest BCUT2D eigenvalue weighted by Crippen LogP contribution is -1.99. The number of carbonyl (C=O) groups is 1. The fourth-order valence-electron chi connectivity index (χ4n) is 3.35. The van der Waals surface area contributed by atoms with E-state index in [4.69, 9.17) is 23.7 Å². The number of benzene rings is 3. The van der Waals surface area contributed by atoms with E-state index in [1.165, 1.54) is 0 Å². The van der Waals surface area contributed by atoms with Crippen molar-refractivity contribution in [3.05, 3.63) is 83.1 Å². The predicted octanol–water partition coefficient (Wildman–Crippen LogP) is 4.91. The van der Waals surface area contributed by atoms with Crippen molar-refractivity contribution in [2.24, 2.45) is 0 Å². The molecule has 158 valence electrons. The van der Waals surface area contributed by atoms with Crippen LogP contribution >= 0.6 is 0 Å². The summed E-state index contributed by atoms with van der Waals surface area (Å²) in [5, 5.41) is 0. The summed E-state index contributed by atoms with van der Waals surface area (Å²) in [7, 11) is 4.74. The largest absolute Gasteiger partial charge is 0.497 e. The van der Waals surface area contributed by atoms with Crippen LogP contribution in [0.4, 0.5) is 0 Å². The average Bonchev–Trinajstić information content (AvgIpc) is 3.12. The second-order valence-electron chi connectivity index (χ2n) is 6.82. The van der Waals surface area contributed by atoms with Crippen LogP contribution in [-0.2, 0) is 6.61 Å². The van der Waals surface area contributed by atoms with Crippen LogP contribution in [0.1, 0.15) is 21.5 Å². The molecule has 0 N–H and O–H groups in total. The number of para-hydroxylation sites is 1. The molecule has 31 heavy (non-hydrogen) atoms. The van der Waals surface area contributed by atoms with E-state index in [2.05, 4.69) is 0 Å². The van der Waals surface area contributed by atoms with Crippen LogP contribution in [-0.4, -0.2) is 27.1 Å². The molecular formula is C25H22O6. The zero-order chi connectivity index (χ0) is 21.8. The Bertz CT molecular complexity index is 1150. The van der Waals surface area contributed by atoms with Gasteiger partial charge in [-0.2, -0.15) is 0 Å². The summed E-state index contributed by atoms with van der Waals surface area (Å²) in [4.78, 5) is 12.8. The van der Waals surface area contributed by atoms with Crippen molar-refractivity contribution in [2.45, 2.75) is 6.61 Å². The van der Waals surface area contributed by atoms with E-state index in [1.807, 2.05) is 36.4 Å². The molecule has 6 heteroatoms. The van der Waals surface area contributed by atoms with Crippen molar-refractivity contribution in [1.29, 1.82) is 0 Å². The smallest absolute Gasteiger partial charge is 0.231 e. The molecule has 4 rings (SSSR count). The normalized spacial score (nSPS) is 13.5. The molecule has 1 heterocycles.